The number of sulfonamides is 1. The van der Waals surface area contributed by atoms with Crippen LogP contribution in [0.5, 0.6) is 0 Å². The number of ether oxygens (including phenoxy) is 2. The number of nitrogens with one attached hydrogen (secondary N) is 1. The summed E-state index contributed by atoms with van der Waals surface area (Å²) >= 11 is 8.85. The number of esters is 2. The standard InChI is InChI=1S/C15H12BrClN2O6S/c1-24-14(20)8-3-9(15(21)25-2)5-10(4-8)19-26(22,23)11-6-12(16)13(17)18-7-11/h3-7,19H,1-2H3. The Morgan fingerprint density at radius 3 is 2.08 bits per heavy atom. The van der Waals surface area contributed by atoms with Gasteiger partial charge in [-0.2, -0.15) is 0 Å². The van der Waals surface area contributed by atoms with Crippen molar-refractivity contribution in [2.45, 2.75) is 4.90 Å². The van der Waals surface area contributed by atoms with Gasteiger partial charge in [-0.05, 0) is 40.2 Å². The van der Waals surface area contributed by atoms with Crippen molar-refractivity contribution < 1.29 is 27.5 Å². The minimum Gasteiger partial charge on any atom is -0.465 e. The number of halogens is 2. The molecule has 0 saturated carbocycles. The van der Waals surface area contributed by atoms with E-state index in [0.29, 0.717) is 4.47 Å². The zero-order valence-electron chi connectivity index (χ0n) is 13.4. The number of rotatable bonds is 5. The second kappa shape index (κ2) is 8.02. The van der Waals surface area contributed by atoms with Crippen molar-refractivity contribution in [2.24, 2.45) is 0 Å². The molecular weight excluding hydrogens is 452 g/mol. The van der Waals surface area contributed by atoms with Crippen LogP contribution in [0, 0.1) is 0 Å². The Hall–Kier alpha value is -2.17. The van der Waals surface area contributed by atoms with E-state index in [4.69, 9.17) is 11.6 Å². The zero-order chi connectivity index (χ0) is 19.5. The van der Waals surface area contributed by atoms with Crippen molar-refractivity contribution in [3.63, 3.8) is 0 Å². The van der Waals surface area contributed by atoms with Crippen LogP contribution < -0.4 is 4.72 Å². The van der Waals surface area contributed by atoms with Gasteiger partial charge in [0.05, 0.1) is 35.5 Å². The number of methoxy groups -OCH3 is 2. The van der Waals surface area contributed by atoms with Crippen LogP contribution in [0.25, 0.3) is 0 Å². The van der Waals surface area contributed by atoms with Crippen molar-refractivity contribution in [1.82, 2.24) is 4.98 Å². The first-order valence-corrected chi connectivity index (χ1v) is 9.49. The summed E-state index contributed by atoms with van der Waals surface area (Å²) in [6.07, 6.45) is 1.07. The first-order chi connectivity index (χ1) is 12.2. The molecular formula is C15H12BrClN2O6S. The molecule has 0 spiro atoms. The minimum absolute atomic E-state index is 0.0245. The maximum atomic E-state index is 12.5. The Morgan fingerprint density at radius 2 is 1.62 bits per heavy atom. The van der Waals surface area contributed by atoms with Crippen molar-refractivity contribution >= 4 is 55.2 Å². The molecule has 1 N–H and O–H groups in total. The van der Waals surface area contributed by atoms with Gasteiger partial charge >= 0.3 is 11.9 Å². The molecule has 0 aliphatic carbocycles. The van der Waals surface area contributed by atoms with Crippen LogP contribution in [0.4, 0.5) is 5.69 Å². The zero-order valence-corrected chi connectivity index (χ0v) is 16.6. The minimum atomic E-state index is -4.06. The quantitative estimate of drug-likeness (QED) is 0.536. The van der Waals surface area contributed by atoms with Gasteiger partial charge in [-0.3, -0.25) is 4.72 Å². The lowest BCUT2D eigenvalue weighted by Crippen LogP contribution is -2.15. The Balaban J connectivity index is 2.48. The predicted molar refractivity (Wildman–Crippen MR) is 96.9 cm³/mol. The molecule has 138 valence electrons. The summed E-state index contributed by atoms with van der Waals surface area (Å²) in [5, 5.41) is 0.101. The first-order valence-electron chi connectivity index (χ1n) is 6.83. The second-order valence-electron chi connectivity index (χ2n) is 4.83. The molecule has 0 bridgehead atoms. The highest BCUT2D eigenvalue weighted by atomic mass is 79.9. The van der Waals surface area contributed by atoms with Gasteiger partial charge in [-0.25, -0.2) is 23.0 Å². The normalized spacial score (nSPS) is 10.9. The third-order valence-corrected chi connectivity index (χ3v) is 5.59. The number of pyridine rings is 1. The molecule has 8 nitrogen and oxygen atoms in total. The van der Waals surface area contributed by atoms with E-state index in [1.165, 1.54) is 24.3 Å². The lowest BCUT2D eigenvalue weighted by molar-refractivity contribution is 0.0599. The van der Waals surface area contributed by atoms with Gasteiger partial charge in [-0.1, -0.05) is 11.6 Å². The summed E-state index contributed by atoms with van der Waals surface area (Å²) < 4.78 is 36.8. The molecule has 0 aliphatic heterocycles. The maximum Gasteiger partial charge on any atom is 0.337 e. The predicted octanol–water partition coefficient (Wildman–Crippen LogP) is 2.87. The van der Waals surface area contributed by atoms with Gasteiger partial charge in [0.1, 0.15) is 10.0 Å². The van der Waals surface area contributed by atoms with Crippen LogP contribution >= 0.6 is 27.5 Å². The van der Waals surface area contributed by atoms with Gasteiger partial charge in [0.2, 0.25) is 0 Å². The Kier molecular flexibility index (Phi) is 6.21. The third-order valence-electron chi connectivity index (χ3n) is 3.11. The van der Waals surface area contributed by atoms with E-state index in [9.17, 15) is 18.0 Å². The van der Waals surface area contributed by atoms with Gasteiger partial charge in [-0.15, -0.1) is 0 Å². The van der Waals surface area contributed by atoms with Crippen LogP contribution in [0.2, 0.25) is 5.15 Å². The highest BCUT2D eigenvalue weighted by Crippen LogP contribution is 2.25. The number of nitrogens with zero attached hydrogens (tertiary/aromatic N) is 1. The van der Waals surface area contributed by atoms with Crippen LogP contribution in [-0.4, -0.2) is 39.6 Å². The van der Waals surface area contributed by atoms with E-state index in [1.807, 2.05) is 0 Å². The molecule has 0 amide bonds. The van der Waals surface area contributed by atoms with E-state index < -0.39 is 22.0 Å². The molecule has 0 saturated heterocycles. The van der Waals surface area contributed by atoms with Crippen LogP contribution in [0.15, 0.2) is 39.8 Å². The number of carbonyl (C=O) groups excluding carboxylic acids is 2. The van der Waals surface area contributed by atoms with E-state index in [1.54, 1.807) is 0 Å². The fourth-order valence-corrected chi connectivity index (χ4v) is 3.54. The van der Waals surface area contributed by atoms with E-state index in [-0.39, 0.29) is 26.9 Å². The Labute approximate surface area is 162 Å². The largest absolute Gasteiger partial charge is 0.465 e. The number of hydrogen-bond acceptors (Lipinski definition) is 7. The third kappa shape index (κ3) is 4.51. The van der Waals surface area contributed by atoms with Crippen molar-refractivity contribution in [3.05, 3.63) is 51.2 Å². The molecule has 1 heterocycles. The SMILES string of the molecule is COC(=O)c1cc(NS(=O)(=O)c2cnc(Cl)c(Br)c2)cc(C(=O)OC)c1. The molecule has 1 aromatic heterocycles. The topological polar surface area (TPSA) is 112 Å². The summed E-state index contributed by atoms with van der Waals surface area (Å²) in [6, 6.07) is 4.96. The van der Waals surface area contributed by atoms with Crippen LogP contribution in [0.1, 0.15) is 20.7 Å². The molecule has 2 aromatic rings. The fourth-order valence-electron chi connectivity index (χ4n) is 1.92. The summed E-state index contributed by atoms with van der Waals surface area (Å²) in [5.74, 6) is -1.49. The van der Waals surface area contributed by atoms with Crippen LogP contribution in [-0.2, 0) is 19.5 Å². The summed E-state index contributed by atoms with van der Waals surface area (Å²) in [4.78, 5) is 27.1. The van der Waals surface area contributed by atoms with Gasteiger partial charge in [0, 0.05) is 6.20 Å². The van der Waals surface area contributed by atoms with Gasteiger partial charge in [0.15, 0.2) is 0 Å². The van der Waals surface area contributed by atoms with Crippen molar-refractivity contribution in [3.8, 4) is 0 Å². The number of aromatic nitrogens is 1. The molecule has 0 atom stereocenters. The van der Waals surface area contributed by atoms with Crippen molar-refractivity contribution in [1.29, 1.82) is 0 Å². The number of benzene rings is 1. The molecule has 1 aromatic carbocycles. The number of anilines is 1. The number of carbonyl (C=O) groups is 2. The maximum absolute atomic E-state index is 12.5. The average Bonchev–Trinajstić information content (AvgIpc) is 2.61. The smallest absolute Gasteiger partial charge is 0.337 e. The summed E-state index contributed by atoms with van der Waals surface area (Å²) in [6.45, 7) is 0. The highest BCUT2D eigenvalue weighted by Gasteiger charge is 2.20. The molecule has 0 radical (unpaired) electrons. The second-order valence-corrected chi connectivity index (χ2v) is 7.73. The average molecular weight is 464 g/mol. The van der Waals surface area contributed by atoms with Crippen molar-refractivity contribution in [2.75, 3.05) is 18.9 Å². The van der Waals surface area contributed by atoms with Gasteiger partial charge in [0.25, 0.3) is 10.0 Å². The summed E-state index contributed by atoms with van der Waals surface area (Å²) in [7, 11) is -1.74. The lowest BCUT2D eigenvalue weighted by atomic mass is 10.1. The molecule has 0 aliphatic rings. The summed E-state index contributed by atoms with van der Waals surface area (Å²) in [5.41, 5.74) is -0.0774. The number of hydrogen-bond donors (Lipinski definition) is 1. The highest BCUT2D eigenvalue weighted by molar-refractivity contribution is 9.10. The van der Waals surface area contributed by atoms with E-state index in [2.05, 4.69) is 35.1 Å². The van der Waals surface area contributed by atoms with E-state index in [0.717, 1.165) is 20.4 Å². The van der Waals surface area contributed by atoms with Crippen LogP contribution in [0.3, 0.4) is 0 Å². The van der Waals surface area contributed by atoms with E-state index >= 15 is 0 Å². The fraction of sp³-hybridized carbons (Fsp3) is 0.133. The lowest BCUT2D eigenvalue weighted by Gasteiger charge is -2.11. The molecule has 26 heavy (non-hydrogen) atoms. The molecule has 11 heteroatoms. The monoisotopic (exact) mass is 462 g/mol. The molecule has 0 unspecified atom stereocenters. The Morgan fingerprint density at radius 1 is 1.08 bits per heavy atom. The first kappa shape index (κ1) is 20.1. The van der Waals surface area contributed by atoms with Gasteiger partial charge < -0.3 is 9.47 Å². The molecule has 2 rings (SSSR count). The molecule has 0 fully saturated rings. The Bertz CT molecular complexity index is 946.